The number of benzene rings is 2. The number of amides is 1. The fraction of sp³-hybridized carbons (Fsp3) is 0.200. The van der Waals surface area contributed by atoms with Crippen LogP contribution >= 0.6 is 11.6 Å². The van der Waals surface area contributed by atoms with E-state index in [1.807, 2.05) is 12.1 Å². The number of carbonyl (C=O) groups is 1. The molecule has 3 rings (SSSR count). The maximum atomic E-state index is 13.3. The molecular weight excluding hydrogens is 353 g/mol. The minimum Gasteiger partial charge on any atom is -0.342 e. The Kier molecular flexibility index (Phi) is 5.68. The van der Waals surface area contributed by atoms with Gasteiger partial charge in [-0.25, -0.2) is 4.39 Å². The van der Waals surface area contributed by atoms with E-state index in [0.717, 1.165) is 24.1 Å². The van der Waals surface area contributed by atoms with Crippen molar-refractivity contribution in [2.45, 2.75) is 12.8 Å². The topological polar surface area (TPSA) is 49.0 Å². The van der Waals surface area contributed by atoms with Crippen molar-refractivity contribution in [1.29, 1.82) is 0 Å². The van der Waals surface area contributed by atoms with Crippen LogP contribution in [0.4, 0.5) is 4.39 Å². The molecule has 0 saturated heterocycles. The highest BCUT2D eigenvalue weighted by atomic mass is 35.5. The van der Waals surface area contributed by atoms with Crippen molar-refractivity contribution in [2.75, 3.05) is 13.6 Å². The molecule has 0 aliphatic rings. The van der Waals surface area contributed by atoms with Gasteiger partial charge in [-0.2, -0.15) is 5.10 Å². The first kappa shape index (κ1) is 18.1. The third kappa shape index (κ3) is 4.49. The number of rotatable bonds is 6. The van der Waals surface area contributed by atoms with E-state index in [1.165, 1.54) is 12.1 Å². The number of aromatic amines is 1. The number of aryl methyl sites for hydroxylation is 1. The van der Waals surface area contributed by atoms with Crippen LogP contribution in [0, 0.1) is 5.82 Å². The zero-order valence-electron chi connectivity index (χ0n) is 14.4. The van der Waals surface area contributed by atoms with Gasteiger partial charge in [-0.15, -0.1) is 0 Å². The van der Waals surface area contributed by atoms with Crippen molar-refractivity contribution < 1.29 is 9.18 Å². The van der Waals surface area contributed by atoms with Gasteiger partial charge in [-0.3, -0.25) is 9.89 Å². The Balaban J connectivity index is 1.54. The number of nitrogens with zero attached hydrogens (tertiary/aromatic N) is 2. The monoisotopic (exact) mass is 371 g/mol. The van der Waals surface area contributed by atoms with Gasteiger partial charge in [0, 0.05) is 35.4 Å². The lowest BCUT2D eigenvalue weighted by atomic mass is 10.1. The molecule has 1 N–H and O–H groups in total. The normalized spacial score (nSPS) is 10.7. The Morgan fingerprint density at radius 2 is 2.00 bits per heavy atom. The molecule has 0 unspecified atom stereocenters. The molecule has 0 spiro atoms. The van der Waals surface area contributed by atoms with Gasteiger partial charge in [0.1, 0.15) is 5.82 Å². The number of H-pyrrole nitrogens is 1. The molecule has 1 amide bonds. The van der Waals surface area contributed by atoms with Crippen LogP contribution in [0.15, 0.2) is 54.6 Å². The van der Waals surface area contributed by atoms with E-state index in [-0.39, 0.29) is 11.7 Å². The molecule has 134 valence electrons. The highest BCUT2D eigenvalue weighted by Gasteiger charge is 2.12. The molecule has 26 heavy (non-hydrogen) atoms. The van der Waals surface area contributed by atoms with E-state index in [1.54, 1.807) is 42.3 Å². The molecule has 1 heterocycles. The zero-order valence-corrected chi connectivity index (χ0v) is 15.1. The molecule has 0 fully saturated rings. The predicted molar refractivity (Wildman–Crippen MR) is 101 cm³/mol. The minimum absolute atomic E-state index is 0.0578. The summed E-state index contributed by atoms with van der Waals surface area (Å²) in [5, 5.41) is 7.75. The van der Waals surface area contributed by atoms with Crippen LogP contribution < -0.4 is 0 Å². The third-order valence-corrected chi connectivity index (χ3v) is 4.34. The molecule has 1 aromatic heterocycles. The minimum atomic E-state index is -0.284. The van der Waals surface area contributed by atoms with Crippen LogP contribution in [0.3, 0.4) is 0 Å². The summed E-state index contributed by atoms with van der Waals surface area (Å²) in [5.41, 5.74) is 2.98. The summed E-state index contributed by atoms with van der Waals surface area (Å²) in [6.07, 6.45) is 1.53. The van der Waals surface area contributed by atoms with Gasteiger partial charge < -0.3 is 4.90 Å². The number of nitrogens with one attached hydrogen (secondary N) is 1. The Morgan fingerprint density at radius 1 is 1.19 bits per heavy atom. The van der Waals surface area contributed by atoms with Gasteiger partial charge in [-0.1, -0.05) is 29.8 Å². The van der Waals surface area contributed by atoms with Crippen LogP contribution in [-0.4, -0.2) is 34.6 Å². The molecule has 0 bridgehead atoms. The second kappa shape index (κ2) is 8.15. The summed E-state index contributed by atoms with van der Waals surface area (Å²) in [6, 6.07) is 15.2. The van der Waals surface area contributed by atoms with Gasteiger partial charge in [0.25, 0.3) is 5.91 Å². The van der Waals surface area contributed by atoms with Crippen molar-refractivity contribution in [3.63, 3.8) is 0 Å². The lowest BCUT2D eigenvalue weighted by molar-refractivity contribution is 0.0793. The average Bonchev–Trinajstić information content (AvgIpc) is 3.10. The van der Waals surface area contributed by atoms with Gasteiger partial charge in [0.2, 0.25) is 0 Å². The molecule has 0 aliphatic carbocycles. The molecule has 4 nitrogen and oxygen atoms in total. The van der Waals surface area contributed by atoms with E-state index >= 15 is 0 Å². The Morgan fingerprint density at radius 3 is 2.77 bits per heavy atom. The predicted octanol–water partition coefficient (Wildman–Crippen LogP) is 4.57. The van der Waals surface area contributed by atoms with Crippen molar-refractivity contribution in [1.82, 2.24) is 15.1 Å². The maximum absolute atomic E-state index is 13.3. The Bertz CT molecular complexity index is 909. The zero-order chi connectivity index (χ0) is 18.5. The van der Waals surface area contributed by atoms with Gasteiger partial charge in [0.15, 0.2) is 0 Å². The fourth-order valence-electron chi connectivity index (χ4n) is 2.74. The first-order valence-electron chi connectivity index (χ1n) is 8.34. The van der Waals surface area contributed by atoms with E-state index in [2.05, 4.69) is 10.2 Å². The van der Waals surface area contributed by atoms with Gasteiger partial charge >= 0.3 is 0 Å². The van der Waals surface area contributed by atoms with E-state index in [4.69, 9.17) is 11.6 Å². The third-order valence-electron chi connectivity index (χ3n) is 4.11. The van der Waals surface area contributed by atoms with Gasteiger partial charge in [0.05, 0.1) is 5.69 Å². The molecule has 0 radical (unpaired) electrons. The first-order chi connectivity index (χ1) is 12.5. The highest BCUT2D eigenvalue weighted by molar-refractivity contribution is 6.30. The highest BCUT2D eigenvalue weighted by Crippen LogP contribution is 2.19. The summed E-state index contributed by atoms with van der Waals surface area (Å²) in [6.45, 7) is 0.611. The average molecular weight is 372 g/mol. The van der Waals surface area contributed by atoms with E-state index in [9.17, 15) is 9.18 Å². The lowest BCUT2D eigenvalue weighted by Crippen LogP contribution is -2.28. The number of aromatic nitrogens is 2. The molecule has 3 aromatic rings. The van der Waals surface area contributed by atoms with E-state index < -0.39 is 0 Å². The van der Waals surface area contributed by atoms with Crippen LogP contribution in [0.25, 0.3) is 11.3 Å². The molecule has 6 heteroatoms. The maximum Gasteiger partial charge on any atom is 0.253 e. The summed E-state index contributed by atoms with van der Waals surface area (Å²) in [4.78, 5) is 14.0. The Labute approximate surface area is 156 Å². The van der Waals surface area contributed by atoms with Crippen LogP contribution in [0.1, 0.15) is 22.5 Å². The first-order valence-corrected chi connectivity index (χ1v) is 8.72. The van der Waals surface area contributed by atoms with Crippen molar-refractivity contribution in [3.8, 4) is 11.3 Å². The molecule has 0 atom stereocenters. The van der Waals surface area contributed by atoms with Crippen molar-refractivity contribution in [3.05, 3.63) is 76.7 Å². The summed E-state index contributed by atoms with van der Waals surface area (Å²) >= 11 is 5.94. The standard InChI is InChI=1S/C20H19ClFN3O/c1-25(20(26)15-6-2-7-16(21)11-15)10-4-9-18-13-19(24-23-18)14-5-3-8-17(22)12-14/h2-3,5-8,11-13H,4,9-10H2,1H3,(H,23,24). The lowest BCUT2D eigenvalue weighted by Gasteiger charge is -2.17. The largest absolute Gasteiger partial charge is 0.342 e. The summed E-state index contributed by atoms with van der Waals surface area (Å²) < 4.78 is 13.3. The molecule has 0 saturated carbocycles. The van der Waals surface area contributed by atoms with Gasteiger partial charge in [-0.05, 0) is 49.2 Å². The molecule has 2 aromatic carbocycles. The van der Waals surface area contributed by atoms with Crippen LogP contribution in [0.5, 0.6) is 0 Å². The SMILES string of the molecule is CN(CCCc1cc(-c2cccc(F)c2)n[nH]1)C(=O)c1cccc(Cl)c1. The Hall–Kier alpha value is -2.66. The summed E-state index contributed by atoms with van der Waals surface area (Å²) in [7, 11) is 1.77. The number of carbonyl (C=O) groups excluding carboxylic acids is 1. The van der Waals surface area contributed by atoms with Crippen LogP contribution in [-0.2, 0) is 6.42 Å². The molecule has 0 aliphatic heterocycles. The van der Waals surface area contributed by atoms with Crippen molar-refractivity contribution >= 4 is 17.5 Å². The second-order valence-corrected chi connectivity index (χ2v) is 6.57. The van der Waals surface area contributed by atoms with E-state index in [0.29, 0.717) is 22.8 Å². The van der Waals surface area contributed by atoms with Crippen molar-refractivity contribution in [2.24, 2.45) is 0 Å². The number of halogens is 2. The quantitative estimate of drug-likeness (QED) is 0.689. The number of hydrogen-bond donors (Lipinski definition) is 1. The molecular formula is C20H19ClFN3O. The second-order valence-electron chi connectivity index (χ2n) is 6.13. The van der Waals surface area contributed by atoms with Crippen LogP contribution in [0.2, 0.25) is 5.02 Å². The fourth-order valence-corrected chi connectivity index (χ4v) is 2.93. The number of hydrogen-bond acceptors (Lipinski definition) is 2. The summed E-state index contributed by atoms with van der Waals surface area (Å²) in [5.74, 6) is -0.342. The smallest absolute Gasteiger partial charge is 0.253 e.